The minimum atomic E-state index is -4.50. The van der Waals surface area contributed by atoms with Gasteiger partial charge in [-0.3, -0.25) is 0 Å². The van der Waals surface area contributed by atoms with E-state index in [9.17, 15) is 21.6 Å². The van der Waals surface area contributed by atoms with E-state index in [1.165, 1.54) is 12.1 Å². The van der Waals surface area contributed by atoms with Gasteiger partial charge in [-0.15, -0.1) is 12.4 Å². The summed E-state index contributed by atoms with van der Waals surface area (Å²) in [6.45, 7) is 3.27. The Morgan fingerprint density at radius 2 is 1.81 bits per heavy atom. The average Bonchev–Trinajstić information content (AvgIpc) is 2.26. The predicted molar refractivity (Wildman–Crippen MR) is 77.6 cm³/mol. The first-order valence-electron chi connectivity index (χ1n) is 5.83. The van der Waals surface area contributed by atoms with E-state index in [0.29, 0.717) is 0 Å². The maximum atomic E-state index is 12.5. The first-order valence-corrected chi connectivity index (χ1v) is 7.48. The first kappa shape index (κ1) is 20.2. The van der Waals surface area contributed by atoms with Crippen LogP contribution in [-0.4, -0.2) is 20.5 Å². The van der Waals surface area contributed by atoms with E-state index in [4.69, 9.17) is 5.73 Å². The van der Waals surface area contributed by atoms with Crippen molar-refractivity contribution >= 4 is 22.4 Å². The molecule has 1 aromatic rings. The number of rotatable bonds is 5. The second-order valence-electron chi connectivity index (χ2n) is 5.15. The fraction of sp³-hybridized carbons (Fsp3) is 0.500. The molecule has 0 saturated heterocycles. The third kappa shape index (κ3) is 6.64. The van der Waals surface area contributed by atoms with Crippen LogP contribution in [0.4, 0.5) is 13.2 Å². The molecular weight excluding hydrogens is 329 g/mol. The van der Waals surface area contributed by atoms with Crippen LogP contribution in [0.3, 0.4) is 0 Å². The smallest absolute Gasteiger partial charge is 0.329 e. The summed E-state index contributed by atoms with van der Waals surface area (Å²) in [5.41, 5.74) is 3.76. The van der Waals surface area contributed by atoms with Crippen LogP contribution in [0, 0.1) is 0 Å². The summed E-state index contributed by atoms with van der Waals surface area (Å²) in [6, 6.07) is 4.24. The van der Waals surface area contributed by atoms with Crippen LogP contribution >= 0.6 is 12.4 Å². The molecule has 0 heterocycles. The third-order valence-electron chi connectivity index (χ3n) is 2.55. The molecule has 21 heavy (non-hydrogen) atoms. The number of alkyl halides is 3. The van der Waals surface area contributed by atoms with Crippen molar-refractivity contribution in [3.63, 3.8) is 0 Å². The quantitative estimate of drug-likeness (QED) is 0.859. The Labute approximate surface area is 128 Å². The van der Waals surface area contributed by atoms with Crippen LogP contribution in [0.5, 0.6) is 0 Å². The number of nitrogens with two attached hydrogens (primary N) is 1. The largest absolute Gasteiger partial charge is 0.416 e. The van der Waals surface area contributed by atoms with Crippen molar-refractivity contribution < 1.29 is 21.6 Å². The maximum Gasteiger partial charge on any atom is 0.416 e. The molecule has 0 saturated carbocycles. The molecule has 0 aliphatic carbocycles. The van der Waals surface area contributed by atoms with Crippen LogP contribution in [-0.2, 0) is 22.0 Å². The standard InChI is InChI=1S/C12H17F3N2O2S.ClH/c1-11(2,8-16)17-20(18,19)7-9-4-3-5-10(6-9)12(13,14)15;/h3-6,17H,7-8,16H2,1-2H3;1H. The Morgan fingerprint density at radius 1 is 1.24 bits per heavy atom. The molecule has 0 aliphatic heterocycles. The molecule has 9 heteroatoms. The van der Waals surface area contributed by atoms with Crippen LogP contribution < -0.4 is 10.5 Å². The average molecular weight is 347 g/mol. The summed E-state index contributed by atoms with van der Waals surface area (Å²) in [5.74, 6) is -0.527. The Morgan fingerprint density at radius 3 is 2.29 bits per heavy atom. The topological polar surface area (TPSA) is 72.2 Å². The van der Waals surface area contributed by atoms with Gasteiger partial charge in [-0.1, -0.05) is 18.2 Å². The lowest BCUT2D eigenvalue weighted by Gasteiger charge is -2.23. The molecule has 0 atom stereocenters. The lowest BCUT2D eigenvalue weighted by molar-refractivity contribution is -0.137. The second-order valence-corrected chi connectivity index (χ2v) is 6.87. The number of halogens is 4. The van der Waals surface area contributed by atoms with E-state index in [0.717, 1.165) is 12.1 Å². The Hall–Kier alpha value is -0.830. The van der Waals surface area contributed by atoms with Crippen LogP contribution in [0.25, 0.3) is 0 Å². The van der Waals surface area contributed by atoms with Gasteiger partial charge in [-0.2, -0.15) is 13.2 Å². The summed E-state index contributed by atoms with van der Waals surface area (Å²) >= 11 is 0. The highest BCUT2D eigenvalue weighted by Gasteiger charge is 2.31. The zero-order chi connectivity index (χ0) is 15.6. The summed E-state index contributed by atoms with van der Waals surface area (Å²) in [7, 11) is -3.76. The lowest BCUT2D eigenvalue weighted by atomic mass is 10.1. The first-order chi connectivity index (χ1) is 8.95. The van der Waals surface area contributed by atoms with E-state index in [1.807, 2.05) is 0 Å². The molecule has 1 aromatic carbocycles. The van der Waals surface area contributed by atoms with Crippen LogP contribution in [0.1, 0.15) is 25.0 Å². The van der Waals surface area contributed by atoms with Gasteiger partial charge in [-0.05, 0) is 25.5 Å². The van der Waals surface area contributed by atoms with Crippen molar-refractivity contribution in [1.82, 2.24) is 4.72 Å². The highest BCUT2D eigenvalue weighted by atomic mass is 35.5. The Kier molecular flexibility index (Phi) is 6.68. The minimum absolute atomic E-state index is 0. The number of benzene rings is 1. The van der Waals surface area contributed by atoms with Crippen molar-refractivity contribution in [3.8, 4) is 0 Å². The van der Waals surface area contributed by atoms with Gasteiger partial charge in [0.05, 0.1) is 11.3 Å². The summed E-state index contributed by atoms with van der Waals surface area (Å²) < 4.78 is 63.8. The molecule has 0 amide bonds. The van der Waals surface area contributed by atoms with E-state index in [-0.39, 0.29) is 24.5 Å². The van der Waals surface area contributed by atoms with Crippen molar-refractivity contribution in [3.05, 3.63) is 35.4 Å². The Balaban J connectivity index is 0.00000400. The SMILES string of the molecule is CC(C)(CN)NS(=O)(=O)Cc1cccc(C(F)(F)F)c1.Cl. The van der Waals surface area contributed by atoms with Gasteiger partial charge in [0.1, 0.15) is 0 Å². The number of hydrogen-bond acceptors (Lipinski definition) is 3. The number of sulfonamides is 1. The molecule has 0 fully saturated rings. The van der Waals surface area contributed by atoms with E-state index in [1.54, 1.807) is 13.8 Å². The van der Waals surface area contributed by atoms with E-state index >= 15 is 0 Å². The lowest BCUT2D eigenvalue weighted by Crippen LogP contribution is -2.49. The molecular formula is C12H18ClF3N2O2S. The van der Waals surface area contributed by atoms with Crippen LogP contribution in [0.15, 0.2) is 24.3 Å². The molecule has 122 valence electrons. The summed E-state index contributed by atoms with van der Waals surface area (Å²) in [4.78, 5) is 0. The number of hydrogen-bond donors (Lipinski definition) is 2. The summed E-state index contributed by atoms with van der Waals surface area (Å²) in [5, 5.41) is 0. The van der Waals surface area contributed by atoms with Gasteiger partial charge in [0, 0.05) is 12.1 Å². The molecule has 0 radical (unpaired) electrons. The minimum Gasteiger partial charge on any atom is -0.329 e. The second kappa shape index (κ2) is 6.95. The van der Waals surface area contributed by atoms with Crippen molar-refractivity contribution in [1.29, 1.82) is 0 Å². The predicted octanol–water partition coefficient (Wildman–Crippen LogP) is 2.28. The molecule has 0 aromatic heterocycles. The van der Waals surface area contributed by atoms with Gasteiger partial charge in [-0.25, -0.2) is 13.1 Å². The monoisotopic (exact) mass is 346 g/mol. The summed E-state index contributed by atoms with van der Waals surface area (Å²) in [6.07, 6.45) is -4.50. The molecule has 0 unspecified atom stereocenters. The van der Waals surface area contributed by atoms with Crippen LogP contribution in [0.2, 0.25) is 0 Å². The molecule has 1 rings (SSSR count). The molecule has 3 N–H and O–H groups in total. The third-order valence-corrected chi connectivity index (χ3v) is 4.13. The fourth-order valence-electron chi connectivity index (χ4n) is 1.56. The normalized spacial score (nSPS) is 12.9. The zero-order valence-corrected chi connectivity index (χ0v) is 13.2. The fourth-order valence-corrected chi connectivity index (χ4v) is 3.17. The highest BCUT2D eigenvalue weighted by molar-refractivity contribution is 7.88. The van der Waals surface area contributed by atoms with Crippen molar-refractivity contribution in [2.24, 2.45) is 5.73 Å². The molecule has 0 spiro atoms. The van der Waals surface area contributed by atoms with Crippen molar-refractivity contribution in [2.75, 3.05) is 6.54 Å². The van der Waals surface area contributed by atoms with E-state index in [2.05, 4.69) is 4.72 Å². The van der Waals surface area contributed by atoms with Gasteiger partial charge in [0.15, 0.2) is 0 Å². The van der Waals surface area contributed by atoms with E-state index < -0.39 is 33.1 Å². The molecule has 0 aliphatic rings. The van der Waals surface area contributed by atoms with Gasteiger partial charge in [0.2, 0.25) is 10.0 Å². The highest BCUT2D eigenvalue weighted by Crippen LogP contribution is 2.29. The molecule has 4 nitrogen and oxygen atoms in total. The number of nitrogens with one attached hydrogen (secondary N) is 1. The maximum absolute atomic E-state index is 12.5. The van der Waals surface area contributed by atoms with Gasteiger partial charge < -0.3 is 5.73 Å². The zero-order valence-electron chi connectivity index (χ0n) is 11.6. The molecule has 0 bridgehead atoms. The Bertz CT molecular complexity index is 574. The van der Waals surface area contributed by atoms with Gasteiger partial charge >= 0.3 is 6.18 Å². The van der Waals surface area contributed by atoms with Crippen molar-refractivity contribution in [2.45, 2.75) is 31.3 Å². The van der Waals surface area contributed by atoms with Gasteiger partial charge in [0.25, 0.3) is 0 Å².